The standard InChI is InChI=1S/C44H34N2/c1-29-15-7-12-22-39(29)45(30-16-5-4-6-17-30)31-25-26-36-37(27-31)44(2,3)38-28-42(34-20-8-9-21-35(34)43(36)38)46-40-23-13-10-18-32(40)33-19-11-14-24-41(33)46/h4-28H,1-3H3. The first kappa shape index (κ1) is 26.8. The summed E-state index contributed by atoms with van der Waals surface area (Å²) in [6.07, 6.45) is 0. The molecule has 0 bridgehead atoms. The van der Waals surface area contributed by atoms with Gasteiger partial charge in [-0.3, -0.25) is 0 Å². The highest BCUT2D eigenvalue weighted by molar-refractivity contribution is 6.12. The van der Waals surface area contributed by atoms with E-state index in [1.807, 2.05) is 0 Å². The Morgan fingerprint density at radius 3 is 1.78 bits per heavy atom. The molecule has 0 atom stereocenters. The minimum Gasteiger partial charge on any atom is -0.310 e. The van der Waals surface area contributed by atoms with Crippen molar-refractivity contribution in [2.45, 2.75) is 26.2 Å². The van der Waals surface area contributed by atoms with Crippen LogP contribution in [0.5, 0.6) is 0 Å². The zero-order valence-corrected chi connectivity index (χ0v) is 26.3. The quantitative estimate of drug-likeness (QED) is 0.198. The first-order valence-electron chi connectivity index (χ1n) is 16.1. The van der Waals surface area contributed by atoms with Gasteiger partial charge in [0.25, 0.3) is 0 Å². The van der Waals surface area contributed by atoms with Crippen LogP contribution in [0.3, 0.4) is 0 Å². The van der Waals surface area contributed by atoms with Gasteiger partial charge in [0.1, 0.15) is 0 Å². The molecule has 0 unspecified atom stereocenters. The highest BCUT2D eigenvalue weighted by atomic mass is 15.1. The second kappa shape index (κ2) is 9.95. The monoisotopic (exact) mass is 590 g/mol. The molecule has 1 aliphatic carbocycles. The molecule has 0 fully saturated rings. The summed E-state index contributed by atoms with van der Waals surface area (Å²) in [4.78, 5) is 2.40. The molecule has 1 aromatic heterocycles. The van der Waals surface area contributed by atoms with Crippen LogP contribution in [-0.2, 0) is 5.41 Å². The molecule has 0 spiro atoms. The number of para-hydroxylation sites is 4. The molecule has 220 valence electrons. The van der Waals surface area contributed by atoms with Crippen molar-refractivity contribution in [3.8, 4) is 16.8 Å². The Hall–Kier alpha value is -5.60. The summed E-state index contributed by atoms with van der Waals surface area (Å²) in [5.41, 5.74) is 13.7. The Labute approximate surface area is 269 Å². The number of fused-ring (bicyclic) bond motifs is 8. The topological polar surface area (TPSA) is 8.17 Å². The van der Waals surface area contributed by atoms with Gasteiger partial charge in [-0.05, 0) is 88.7 Å². The zero-order chi connectivity index (χ0) is 31.0. The first-order chi connectivity index (χ1) is 22.5. The van der Waals surface area contributed by atoms with Crippen molar-refractivity contribution in [1.82, 2.24) is 4.57 Å². The molecule has 1 aliphatic rings. The molecule has 0 aliphatic heterocycles. The van der Waals surface area contributed by atoms with Crippen LogP contribution in [0, 0.1) is 6.92 Å². The van der Waals surface area contributed by atoms with Crippen LogP contribution >= 0.6 is 0 Å². The zero-order valence-electron chi connectivity index (χ0n) is 26.3. The minimum absolute atomic E-state index is 0.202. The smallest absolute Gasteiger partial charge is 0.0544 e. The van der Waals surface area contributed by atoms with E-state index in [2.05, 4.69) is 182 Å². The molecular formula is C44H34N2. The number of hydrogen-bond donors (Lipinski definition) is 0. The highest BCUT2D eigenvalue weighted by Gasteiger charge is 2.38. The second-order valence-corrected chi connectivity index (χ2v) is 13.0. The number of anilines is 3. The van der Waals surface area contributed by atoms with E-state index >= 15 is 0 Å². The van der Waals surface area contributed by atoms with Gasteiger partial charge in [0.05, 0.1) is 16.7 Å². The van der Waals surface area contributed by atoms with Crippen LogP contribution in [-0.4, -0.2) is 4.57 Å². The van der Waals surface area contributed by atoms with E-state index < -0.39 is 0 Å². The van der Waals surface area contributed by atoms with E-state index in [-0.39, 0.29) is 5.41 Å². The molecule has 0 N–H and O–H groups in total. The van der Waals surface area contributed by atoms with Gasteiger partial charge in [-0.25, -0.2) is 0 Å². The van der Waals surface area contributed by atoms with Crippen LogP contribution in [0.4, 0.5) is 17.1 Å². The largest absolute Gasteiger partial charge is 0.310 e. The predicted molar refractivity (Wildman–Crippen MR) is 195 cm³/mol. The number of aryl methyl sites for hydroxylation is 1. The summed E-state index contributed by atoms with van der Waals surface area (Å²) in [6.45, 7) is 6.99. The third-order valence-electron chi connectivity index (χ3n) is 10.1. The molecule has 0 amide bonds. The Morgan fingerprint density at radius 2 is 1.09 bits per heavy atom. The number of nitrogens with zero attached hydrogens (tertiary/aromatic N) is 2. The second-order valence-electron chi connectivity index (χ2n) is 13.0. The van der Waals surface area contributed by atoms with Gasteiger partial charge in [-0.1, -0.05) is 117 Å². The lowest BCUT2D eigenvalue weighted by molar-refractivity contribution is 0.660. The Morgan fingerprint density at radius 1 is 0.500 bits per heavy atom. The van der Waals surface area contributed by atoms with Crippen LogP contribution in [0.1, 0.15) is 30.5 Å². The van der Waals surface area contributed by atoms with Gasteiger partial charge in [-0.15, -0.1) is 0 Å². The summed E-state index contributed by atoms with van der Waals surface area (Å²) in [6, 6.07) is 55.6. The summed E-state index contributed by atoms with van der Waals surface area (Å²) < 4.78 is 2.48. The summed E-state index contributed by atoms with van der Waals surface area (Å²) in [5, 5.41) is 5.14. The lowest BCUT2D eigenvalue weighted by Crippen LogP contribution is -2.17. The molecule has 2 nitrogen and oxygen atoms in total. The van der Waals surface area contributed by atoms with Crippen molar-refractivity contribution in [2.24, 2.45) is 0 Å². The van der Waals surface area contributed by atoms with Crippen molar-refractivity contribution in [3.05, 3.63) is 168 Å². The summed E-state index contributed by atoms with van der Waals surface area (Å²) in [5.74, 6) is 0. The summed E-state index contributed by atoms with van der Waals surface area (Å²) >= 11 is 0. The number of hydrogen-bond acceptors (Lipinski definition) is 1. The van der Waals surface area contributed by atoms with E-state index in [1.54, 1.807) is 0 Å². The lowest BCUT2D eigenvalue weighted by Gasteiger charge is -2.29. The van der Waals surface area contributed by atoms with Gasteiger partial charge < -0.3 is 9.47 Å². The van der Waals surface area contributed by atoms with Crippen molar-refractivity contribution < 1.29 is 0 Å². The molecule has 46 heavy (non-hydrogen) atoms. The predicted octanol–water partition coefficient (Wildman–Crippen LogP) is 12.0. The van der Waals surface area contributed by atoms with Crippen molar-refractivity contribution >= 4 is 49.6 Å². The fraction of sp³-hybridized carbons (Fsp3) is 0.0909. The Balaban J connectivity index is 1.30. The van der Waals surface area contributed by atoms with E-state index in [0.717, 1.165) is 5.69 Å². The van der Waals surface area contributed by atoms with Gasteiger partial charge in [0.15, 0.2) is 0 Å². The van der Waals surface area contributed by atoms with E-state index in [9.17, 15) is 0 Å². The van der Waals surface area contributed by atoms with Crippen LogP contribution < -0.4 is 4.90 Å². The van der Waals surface area contributed by atoms with Gasteiger partial charge in [0, 0.05) is 38.6 Å². The fourth-order valence-electron chi connectivity index (χ4n) is 7.88. The molecule has 1 heterocycles. The third-order valence-corrected chi connectivity index (χ3v) is 10.1. The average molecular weight is 591 g/mol. The molecule has 8 aromatic rings. The molecular weight excluding hydrogens is 556 g/mol. The van der Waals surface area contributed by atoms with Crippen molar-refractivity contribution in [3.63, 3.8) is 0 Å². The maximum absolute atomic E-state index is 2.48. The molecule has 0 saturated heterocycles. The van der Waals surface area contributed by atoms with E-state index in [4.69, 9.17) is 0 Å². The molecule has 0 saturated carbocycles. The average Bonchev–Trinajstić information content (AvgIpc) is 3.54. The number of benzene rings is 7. The van der Waals surface area contributed by atoms with Crippen molar-refractivity contribution in [2.75, 3.05) is 4.90 Å². The maximum Gasteiger partial charge on any atom is 0.0544 e. The van der Waals surface area contributed by atoms with Crippen molar-refractivity contribution in [1.29, 1.82) is 0 Å². The van der Waals surface area contributed by atoms with E-state index in [1.165, 1.54) is 77.5 Å². The van der Waals surface area contributed by atoms with Gasteiger partial charge in [-0.2, -0.15) is 0 Å². The molecule has 0 radical (unpaired) electrons. The molecule has 2 heteroatoms. The fourth-order valence-corrected chi connectivity index (χ4v) is 7.88. The van der Waals surface area contributed by atoms with Crippen LogP contribution in [0.2, 0.25) is 0 Å². The first-order valence-corrected chi connectivity index (χ1v) is 16.1. The number of aromatic nitrogens is 1. The Kier molecular flexibility index (Phi) is 5.79. The van der Waals surface area contributed by atoms with Gasteiger partial charge in [0.2, 0.25) is 0 Å². The van der Waals surface area contributed by atoms with Gasteiger partial charge >= 0.3 is 0 Å². The van der Waals surface area contributed by atoms with Crippen LogP contribution in [0.25, 0.3) is 49.4 Å². The molecule has 9 rings (SSSR count). The Bertz CT molecular complexity index is 2410. The minimum atomic E-state index is -0.202. The molecule has 7 aromatic carbocycles. The van der Waals surface area contributed by atoms with E-state index in [0.29, 0.717) is 0 Å². The lowest BCUT2D eigenvalue weighted by atomic mass is 9.81. The normalized spacial score (nSPS) is 13.3. The van der Waals surface area contributed by atoms with Crippen LogP contribution in [0.15, 0.2) is 152 Å². The highest BCUT2D eigenvalue weighted by Crippen LogP contribution is 2.54. The number of rotatable bonds is 4. The summed E-state index contributed by atoms with van der Waals surface area (Å²) in [7, 11) is 0. The maximum atomic E-state index is 2.48. The third kappa shape index (κ3) is 3.77. The SMILES string of the molecule is Cc1ccccc1N(c1ccccc1)c1ccc2c(c1)C(C)(C)c1cc(-n3c4ccccc4c4ccccc43)c3ccccc3c1-2.